The number of fused-ring (bicyclic) bond motifs is 1. The van der Waals surface area contributed by atoms with E-state index in [9.17, 15) is 4.79 Å². The van der Waals surface area contributed by atoms with Crippen LogP contribution in [0, 0.1) is 0 Å². The molecule has 0 fully saturated rings. The molecule has 1 aliphatic carbocycles. The average molecular weight is 194 g/mol. The first-order valence-electron chi connectivity index (χ1n) is 4.98. The van der Waals surface area contributed by atoms with Gasteiger partial charge in [0.25, 0.3) is 0 Å². The zero-order valence-corrected chi connectivity index (χ0v) is 8.46. The van der Waals surface area contributed by atoms with Crippen LogP contribution in [0.15, 0.2) is 0 Å². The molecule has 0 saturated heterocycles. The van der Waals surface area contributed by atoms with Gasteiger partial charge in [-0.05, 0) is 25.7 Å². The number of aromatic nitrogens is 2. The summed E-state index contributed by atoms with van der Waals surface area (Å²) in [6, 6.07) is 0. The Labute approximate surface area is 82.7 Å². The number of carbonyl (C=O) groups is 1. The summed E-state index contributed by atoms with van der Waals surface area (Å²) >= 11 is 0. The lowest BCUT2D eigenvalue weighted by atomic mass is 10.1. The zero-order chi connectivity index (χ0) is 10.1. The number of esters is 1. The van der Waals surface area contributed by atoms with Gasteiger partial charge in [-0.1, -0.05) is 6.92 Å². The molecule has 1 atom stereocenters. The Balaban J connectivity index is 2.28. The van der Waals surface area contributed by atoms with E-state index in [0.717, 1.165) is 24.1 Å². The SMILES string of the molecule is CCOC(=O)c1n[nH]c2c1CC[C@H]2C. The number of aromatic amines is 1. The monoisotopic (exact) mass is 194 g/mol. The summed E-state index contributed by atoms with van der Waals surface area (Å²) in [5, 5.41) is 6.93. The number of nitrogens with one attached hydrogen (secondary N) is 1. The van der Waals surface area contributed by atoms with Crippen molar-refractivity contribution in [3.05, 3.63) is 17.0 Å². The van der Waals surface area contributed by atoms with Gasteiger partial charge >= 0.3 is 5.97 Å². The lowest BCUT2D eigenvalue weighted by Crippen LogP contribution is -2.07. The predicted octanol–water partition coefficient (Wildman–Crippen LogP) is 1.64. The van der Waals surface area contributed by atoms with E-state index in [-0.39, 0.29) is 5.97 Å². The molecule has 0 amide bonds. The number of ether oxygens (including phenoxy) is 1. The van der Waals surface area contributed by atoms with E-state index in [2.05, 4.69) is 17.1 Å². The van der Waals surface area contributed by atoms with Crippen molar-refractivity contribution >= 4 is 5.97 Å². The van der Waals surface area contributed by atoms with E-state index in [4.69, 9.17) is 4.74 Å². The quantitative estimate of drug-likeness (QED) is 0.728. The molecule has 76 valence electrons. The second kappa shape index (κ2) is 3.44. The van der Waals surface area contributed by atoms with Crippen LogP contribution in [0.4, 0.5) is 0 Å². The molecule has 0 aliphatic heterocycles. The summed E-state index contributed by atoms with van der Waals surface area (Å²) in [5.41, 5.74) is 2.63. The lowest BCUT2D eigenvalue weighted by molar-refractivity contribution is 0.0518. The van der Waals surface area contributed by atoms with Gasteiger partial charge in [-0.25, -0.2) is 4.79 Å². The Kier molecular flexibility index (Phi) is 2.27. The first-order valence-corrected chi connectivity index (χ1v) is 4.98. The van der Waals surface area contributed by atoms with E-state index >= 15 is 0 Å². The van der Waals surface area contributed by atoms with Gasteiger partial charge in [0.1, 0.15) is 0 Å². The van der Waals surface area contributed by atoms with Crippen molar-refractivity contribution in [1.82, 2.24) is 10.2 Å². The molecular weight excluding hydrogens is 180 g/mol. The van der Waals surface area contributed by atoms with Crippen molar-refractivity contribution in [3.8, 4) is 0 Å². The fraction of sp³-hybridized carbons (Fsp3) is 0.600. The molecular formula is C10H14N2O2. The Bertz CT molecular complexity index is 357. The molecule has 1 aliphatic rings. The highest BCUT2D eigenvalue weighted by atomic mass is 16.5. The highest BCUT2D eigenvalue weighted by molar-refractivity contribution is 5.89. The molecule has 14 heavy (non-hydrogen) atoms. The van der Waals surface area contributed by atoms with Crippen molar-refractivity contribution in [3.63, 3.8) is 0 Å². The summed E-state index contributed by atoms with van der Waals surface area (Å²) in [6.07, 6.45) is 2.03. The van der Waals surface area contributed by atoms with Crippen molar-refractivity contribution in [2.24, 2.45) is 0 Å². The first kappa shape index (κ1) is 9.24. The fourth-order valence-electron chi connectivity index (χ4n) is 1.91. The standard InChI is InChI=1S/C10H14N2O2/c1-3-14-10(13)9-7-5-4-6(2)8(7)11-12-9/h6H,3-5H2,1-2H3,(H,11,12)/t6-/m1/s1. The van der Waals surface area contributed by atoms with E-state index in [1.54, 1.807) is 6.92 Å². The minimum absolute atomic E-state index is 0.306. The molecule has 0 saturated carbocycles. The molecule has 0 radical (unpaired) electrons. The smallest absolute Gasteiger partial charge is 0.359 e. The normalized spacial score (nSPS) is 19.4. The van der Waals surface area contributed by atoms with Crippen LogP contribution in [-0.2, 0) is 11.2 Å². The maximum Gasteiger partial charge on any atom is 0.359 e. The van der Waals surface area contributed by atoms with Gasteiger partial charge in [0, 0.05) is 11.3 Å². The van der Waals surface area contributed by atoms with Crippen LogP contribution >= 0.6 is 0 Å². The van der Waals surface area contributed by atoms with E-state index in [1.165, 1.54) is 0 Å². The minimum Gasteiger partial charge on any atom is -0.461 e. The van der Waals surface area contributed by atoms with Crippen LogP contribution in [-0.4, -0.2) is 22.8 Å². The highest BCUT2D eigenvalue weighted by Gasteiger charge is 2.28. The van der Waals surface area contributed by atoms with Gasteiger partial charge in [0.05, 0.1) is 6.61 Å². The third kappa shape index (κ3) is 1.31. The maximum atomic E-state index is 11.5. The van der Waals surface area contributed by atoms with Gasteiger partial charge in [0.2, 0.25) is 0 Å². The average Bonchev–Trinajstić information content (AvgIpc) is 2.69. The number of hydrogen-bond donors (Lipinski definition) is 1. The van der Waals surface area contributed by atoms with Crippen molar-refractivity contribution in [2.45, 2.75) is 32.6 Å². The van der Waals surface area contributed by atoms with Gasteiger partial charge < -0.3 is 4.74 Å². The molecule has 1 N–H and O–H groups in total. The summed E-state index contributed by atoms with van der Waals surface area (Å²) in [6.45, 7) is 4.34. The molecule has 2 rings (SSSR count). The summed E-state index contributed by atoms with van der Waals surface area (Å²) in [5.74, 6) is 0.180. The summed E-state index contributed by atoms with van der Waals surface area (Å²) in [7, 11) is 0. The number of carbonyl (C=O) groups excluding carboxylic acids is 1. The summed E-state index contributed by atoms with van der Waals surface area (Å²) < 4.78 is 4.93. The van der Waals surface area contributed by atoms with Gasteiger partial charge in [-0.15, -0.1) is 0 Å². The van der Waals surface area contributed by atoms with Crippen LogP contribution < -0.4 is 0 Å². The maximum absolute atomic E-state index is 11.5. The Morgan fingerprint density at radius 1 is 1.71 bits per heavy atom. The van der Waals surface area contributed by atoms with E-state index in [1.807, 2.05) is 0 Å². The third-order valence-corrected chi connectivity index (χ3v) is 2.69. The van der Waals surface area contributed by atoms with Crippen molar-refractivity contribution in [1.29, 1.82) is 0 Å². The molecule has 1 heterocycles. The second-order valence-corrected chi connectivity index (χ2v) is 3.62. The topological polar surface area (TPSA) is 55.0 Å². The largest absolute Gasteiger partial charge is 0.461 e. The Hall–Kier alpha value is -1.32. The van der Waals surface area contributed by atoms with Crippen LogP contribution in [0.25, 0.3) is 0 Å². The van der Waals surface area contributed by atoms with Crippen molar-refractivity contribution < 1.29 is 9.53 Å². The first-order chi connectivity index (χ1) is 6.74. The van der Waals surface area contributed by atoms with Crippen LogP contribution in [0.5, 0.6) is 0 Å². The van der Waals surface area contributed by atoms with Crippen LogP contribution in [0.2, 0.25) is 0 Å². The lowest BCUT2D eigenvalue weighted by Gasteiger charge is -1.98. The third-order valence-electron chi connectivity index (χ3n) is 2.69. The van der Waals surface area contributed by atoms with E-state index < -0.39 is 0 Å². The molecule has 4 heteroatoms. The minimum atomic E-state index is -0.306. The second-order valence-electron chi connectivity index (χ2n) is 3.62. The number of hydrogen-bond acceptors (Lipinski definition) is 3. The van der Waals surface area contributed by atoms with Crippen LogP contribution in [0.3, 0.4) is 0 Å². The fourth-order valence-corrected chi connectivity index (χ4v) is 1.91. The molecule has 1 aromatic heterocycles. The number of nitrogens with zero attached hydrogens (tertiary/aromatic N) is 1. The Morgan fingerprint density at radius 3 is 3.21 bits per heavy atom. The van der Waals surface area contributed by atoms with E-state index in [0.29, 0.717) is 18.2 Å². The zero-order valence-electron chi connectivity index (χ0n) is 8.46. The van der Waals surface area contributed by atoms with Gasteiger partial charge in [-0.3, -0.25) is 5.10 Å². The highest BCUT2D eigenvalue weighted by Crippen LogP contribution is 2.32. The van der Waals surface area contributed by atoms with Gasteiger partial charge in [-0.2, -0.15) is 5.10 Å². The number of H-pyrrole nitrogens is 1. The van der Waals surface area contributed by atoms with Gasteiger partial charge in [0.15, 0.2) is 5.69 Å². The molecule has 0 spiro atoms. The molecule has 0 bridgehead atoms. The molecule has 1 aromatic rings. The van der Waals surface area contributed by atoms with Crippen LogP contribution in [0.1, 0.15) is 47.9 Å². The number of rotatable bonds is 2. The predicted molar refractivity (Wildman–Crippen MR) is 51.3 cm³/mol. The Morgan fingerprint density at radius 2 is 2.50 bits per heavy atom. The molecule has 4 nitrogen and oxygen atoms in total. The molecule has 0 unspecified atom stereocenters. The molecule has 0 aromatic carbocycles. The van der Waals surface area contributed by atoms with Crippen molar-refractivity contribution in [2.75, 3.05) is 6.61 Å². The summed E-state index contributed by atoms with van der Waals surface area (Å²) in [4.78, 5) is 11.5.